The van der Waals surface area contributed by atoms with E-state index in [1.165, 1.54) is 5.56 Å². The lowest BCUT2D eigenvalue weighted by atomic mass is 10.1. The minimum absolute atomic E-state index is 0.0167. The third kappa shape index (κ3) is 4.17. The van der Waals surface area contributed by atoms with Crippen molar-refractivity contribution in [2.24, 2.45) is 0 Å². The average molecular weight is 372 g/mol. The van der Waals surface area contributed by atoms with E-state index in [9.17, 15) is 9.59 Å². The van der Waals surface area contributed by atoms with Gasteiger partial charge in [-0.3, -0.25) is 4.79 Å². The van der Waals surface area contributed by atoms with Crippen LogP contribution in [0.15, 0.2) is 42.5 Å². The molecule has 0 atom stereocenters. The number of nitrogens with one attached hydrogen (secondary N) is 1. The molecule has 2 aromatic rings. The Hall–Kier alpha value is -2.53. The molecule has 0 aromatic heterocycles. The quantitative estimate of drug-likeness (QED) is 0.869. The van der Waals surface area contributed by atoms with E-state index < -0.39 is 0 Å². The number of carbonyl (C=O) groups excluding carboxylic acids is 2. The van der Waals surface area contributed by atoms with E-state index in [2.05, 4.69) is 5.32 Å². The van der Waals surface area contributed by atoms with Crippen molar-refractivity contribution in [1.82, 2.24) is 9.80 Å². The third-order valence-corrected chi connectivity index (χ3v) is 4.92. The number of amides is 3. The minimum Gasteiger partial charge on any atom is -0.335 e. The molecule has 0 radical (unpaired) electrons. The average Bonchev–Trinajstić information content (AvgIpc) is 2.63. The number of halogens is 1. The van der Waals surface area contributed by atoms with Crippen LogP contribution in [0, 0.1) is 13.8 Å². The van der Waals surface area contributed by atoms with Crippen molar-refractivity contribution in [3.8, 4) is 0 Å². The molecule has 1 fully saturated rings. The molecule has 0 unspecified atom stereocenters. The lowest BCUT2D eigenvalue weighted by Crippen LogP contribution is -2.51. The van der Waals surface area contributed by atoms with Crippen molar-refractivity contribution in [3.63, 3.8) is 0 Å². The second-order valence-corrected chi connectivity index (χ2v) is 6.96. The van der Waals surface area contributed by atoms with Gasteiger partial charge in [-0.15, -0.1) is 0 Å². The van der Waals surface area contributed by atoms with Crippen molar-refractivity contribution >= 4 is 29.2 Å². The number of piperazine rings is 1. The molecular formula is C20H22ClN3O2. The number of hydrogen-bond donors (Lipinski definition) is 1. The largest absolute Gasteiger partial charge is 0.335 e. The zero-order valence-corrected chi connectivity index (χ0v) is 15.7. The Balaban J connectivity index is 1.57. The van der Waals surface area contributed by atoms with Crippen LogP contribution in [-0.4, -0.2) is 47.9 Å². The normalized spacial score (nSPS) is 14.3. The fourth-order valence-electron chi connectivity index (χ4n) is 2.94. The number of carbonyl (C=O) groups is 2. The van der Waals surface area contributed by atoms with Crippen molar-refractivity contribution in [1.29, 1.82) is 0 Å². The Kier molecular flexibility index (Phi) is 5.47. The number of benzene rings is 2. The molecule has 1 N–H and O–H groups in total. The molecule has 1 aliphatic rings. The number of rotatable bonds is 2. The van der Waals surface area contributed by atoms with Gasteiger partial charge >= 0.3 is 6.03 Å². The van der Waals surface area contributed by atoms with Gasteiger partial charge in [-0.25, -0.2) is 4.79 Å². The van der Waals surface area contributed by atoms with E-state index >= 15 is 0 Å². The zero-order chi connectivity index (χ0) is 18.7. The Morgan fingerprint density at radius 2 is 1.62 bits per heavy atom. The van der Waals surface area contributed by atoms with Gasteiger partial charge in [0.1, 0.15) is 0 Å². The molecule has 5 nitrogen and oxygen atoms in total. The lowest BCUT2D eigenvalue weighted by molar-refractivity contribution is 0.0671. The molecule has 3 amide bonds. The van der Waals surface area contributed by atoms with Crippen molar-refractivity contribution in [2.75, 3.05) is 31.5 Å². The molecule has 136 valence electrons. The van der Waals surface area contributed by atoms with Crippen LogP contribution >= 0.6 is 11.6 Å². The first-order chi connectivity index (χ1) is 12.4. The standard InChI is InChI=1S/C20H22ClN3O2/c1-14-6-7-16(12-15(14)2)19(25)23-8-10-24(11-9-23)20(26)22-18-5-3-4-17(21)13-18/h3-7,12-13H,8-11H2,1-2H3,(H,22,26). The van der Waals surface area contributed by atoms with E-state index in [1.807, 2.05) is 32.0 Å². The second kappa shape index (κ2) is 7.79. The summed E-state index contributed by atoms with van der Waals surface area (Å²) in [6.07, 6.45) is 0. The molecule has 0 saturated carbocycles. The van der Waals surface area contributed by atoms with Crippen LogP contribution in [0.5, 0.6) is 0 Å². The summed E-state index contributed by atoms with van der Waals surface area (Å²) in [6, 6.07) is 12.6. The molecule has 0 aliphatic carbocycles. The molecule has 6 heteroatoms. The number of nitrogens with zero attached hydrogens (tertiary/aromatic N) is 2. The maximum atomic E-state index is 12.7. The molecule has 1 saturated heterocycles. The molecule has 0 spiro atoms. The highest BCUT2D eigenvalue weighted by atomic mass is 35.5. The SMILES string of the molecule is Cc1ccc(C(=O)N2CCN(C(=O)Nc3cccc(Cl)c3)CC2)cc1C. The summed E-state index contributed by atoms with van der Waals surface area (Å²) in [7, 11) is 0. The van der Waals surface area contributed by atoms with Crippen LogP contribution in [0.2, 0.25) is 5.02 Å². The molecular weight excluding hydrogens is 350 g/mol. The van der Waals surface area contributed by atoms with Crippen LogP contribution < -0.4 is 5.32 Å². The molecule has 0 bridgehead atoms. The van der Waals surface area contributed by atoms with Crippen molar-refractivity contribution < 1.29 is 9.59 Å². The van der Waals surface area contributed by atoms with Crippen molar-refractivity contribution in [2.45, 2.75) is 13.8 Å². The smallest absolute Gasteiger partial charge is 0.321 e. The molecule has 1 heterocycles. The van der Waals surface area contributed by atoms with Gasteiger partial charge in [0.05, 0.1) is 0 Å². The molecule has 2 aromatic carbocycles. The topological polar surface area (TPSA) is 52.7 Å². The van der Waals surface area contributed by atoms with E-state index in [0.717, 1.165) is 5.56 Å². The van der Waals surface area contributed by atoms with Crippen LogP contribution in [0.25, 0.3) is 0 Å². The second-order valence-electron chi connectivity index (χ2n) is 6.52. The van der Waals surface area contributed by atoms with Gasteiger partial charge in [-0.05, 0) is 55.3 Å². The van der Waals surface area contributed by atoms with Crippen LogP contribution in [0.3, 0.4) is 0 Å². The fraction of sp³-hybridized carbons (Fsp3) is 0.300. The zero-order valence-electron chi connectivity index (χ0n) is 15.0. The van der Waals surface area contributed by atoms with Crippen LogP contribution in [-0.2, 0) is 0 Å². The molecule has 1 aliphatic heterocycles. The highest BCUT2D eigenvalue weighted by Crippen LogP contribution is 2.17. The van der Waals surface area contributed by atoms with Gasteiger partial charge in [0.25, 0.3) is 5.91 Å². The Bertz CT molecular complexity index is 830. The Morgan fingerprint density at radius 1 is 0.923 bits per heavy atom. The highest BCUT2D eigenvalue weighted by Gasteiger charge is 2.25. The Labute approximate surface area is 158 Å². The number of anilines is 1. The number of hydrogen-bond acceptors (Lipinski definition) is 2. The lowest BCUT2D eigenvalue weighted by Gasteiger charge is -2.34. The summed E-state index contributed by atoms with van der Waals surface area (Å²) >= 11 is 5.94. The van der Waals surface area contributed by atoms with Crippen LogP contribution in [0.1, 0.15) is 21.5 Å². The number of urea groups is 1. The fourth-order valence-corrected chi connectivity index (χ4v) is 3.13. The number of aryl methyl sites for hydroxylation is 2. The summed E-state index contributed by atoms with van der Waals surface area (Å²) in [4.78, 5) is 28.5. The van der Waals surface area contributed by atoms with Crippen LogP contribution in [0.4, 0.5) is 10.5 Å². The van der Waals surface area contributed by atoms with Gasteiger partial charge in [-0.2, -0.15) is 0 Å². The highest BCUT2D eigenvalue weighted by molar-refractivity contribution is 6.30. The summed E-state index contributed by atoms with van der Waals surface area (Å²) in [5.74, 6) is 0.0167. The maximum absolute atomic E-state index is 12.7. The van der Waals surface area contributed by atoms with E-state index in [0.29, 0.717) is 42.5 Å². The van der Waals surface area contributed by atoms with Gasteiger partial charge in [0.15, 0.2) is 0 Å². The van der Waals surface area contributed by atoms with E-state index in [1.54, 1.807) is 34.1 Å². The predicted molar refractivity (Wildman–Crippen MR) is 104 cm³/mol. The maximum Gasteiger partial charge on any atom is 0.321 e. The van der Waals surface area contributed by atoms with E-state index in [-0.39, 0.29) is 11.9 Å². The van der Waals surface area contributed by atoms with Gasteiger partial charge in [0, 0.05) is 42.5 Å². The first-order valence-electron chi connectivity index (χ1n) is 8.62. The molecule has 26 heavy (non-hydrogen) atoms. The predicted octanol–water partition coefficient (Wildman–Crippen LogP) is 3.95. The van der Waals surface area contributed by atoms with E-state index in [4.69, 9.17) is 11.6 Å². The Morgan fingerprint density at radius 3 is 2.27 bits per heavy atom. The first kappa shape index (κ1) is 18.3. The summed E-state index contributed by atoms with van der Waals surface area (Å²) in [5.41, 5.74) is 3.64. The summed E-state index contributed by atoms with van der Waals surface area (Å²) < 4.78 is 0. The van der Waals surface area contributed by atoms with Gasteiger partial charge < -0.3 is 15.1 Å². The van der Waals surface area contributed by atoms with Crippen molar-refractivity contribution in [3.05, 3.63) is 64.2 Å². The first-order valence-corrected chi connectivity index (χ1v) is 9.00. The third-order valence-electron chi connectivity index (χ3n) is 4.68. The van der Waals surface area contributed by atoms with Gasteiger partial charge in [-0.1, -0.05) is 23.7 Å². The monoisotopic (exact) mass is 371 g/mol. The summed E-state index contributed by atoms with van der Waals surface area (Å²) in [5, 5.41) is 3.42. The van der Waals surface area contributed by atoms with Gasteiger partial charge in [0.2, 0.25) is 0 Å². The molecule has 3 rings (SSSR count). The minimum atomic E-state index is -0.175. The summed E-state index contributed by atoms with van der Waals surface area (Å²) in [6.45, 7) is 6.08.